The maximum absolute atomic E-state index is 11.6. The molecule has 0 aromatic heterocycles. The number of aliphatic carboxylic acids is 1. The summed E-state index contributed by atoms with van der Waals surface area (Å²) in [6.07, 6.45) is -0.626. The largest absolute Gasteiger partial charge is 0.480 e. The Labute approximate surface area is 135 Å². The molecular weight excluding hydrogens is 322 g/mol. The summed E-state index contributed by atoms with van der Waals surface area (Å²) in [6, 6.07) is 7.62. The second-order valence-corrected chi connectivity index (χ2v) is 7.34. The summed E-state index contributed by atoms with van der Waals surface area (Å²) in [5.74, 6) is -1.59. The number of sulfone groups is 1. The number of alkyl carbamates (subject to hydrolysis) is 1. The van der Waals surface area contributed by atoms with Crippen LogP contribution >= 0.6 is 0 Å². The van der Waals surface area contributed by atoms with Gasteiger partial charge in [-0.1, -0.05) is 37.3 Å². The SMILES string of the molecule is CCCS(=O)(=O)CCC(NC(=O)OCc1ccccc1)C(=O)O. The molecule has 0 fully saturated rings. The highest BCUT2D eigenvalue weighted by Gasteiger charge is 2.23. The third-order valence-corrected chi connectivity index (χ3v) is 4.92. The summed E-state index contributed by atoms with van der Waals surface area (Å²) in [7, 11) is -3.31. The van der Waals surface area contributed by atoms with Crippen molar-refractivity contribution in [2.24, 2.45) is 0 Å². The monoisotopic (exact) mass is 343 g/mol. The molecule has 1 unspecified atom stereocenters. The van der Waals surface area contributed by atoms with Crippen LogP contribution in [-0.4, -0.2) is 43.1 Å². The first-order valence-corrected chi connectivity index (χ1v) is 9.06. The standard InChI is InChI=1S/C15H21NO6S/c1-2-9-23(20,21)10-8-13(14(17)18)16-15(19)22-11-12-6-4-3-5-7-12/h3-7,13H,2,8-11H2,1H3,(H,16,19)(H,17,18). The minimum absolute atomic E-state index is 0.00219. The Balaban J connectivity index is 2.48. The predicted molar refractivity (Wildman–Crippen MR) is 84.7 cm³/mol. The van der Waals surface area contributed by atoms with Crippen LogP contribution < -0.4 is 5.32 Å². The van der Waals surface area contributed by atoms with Crippen LogP contribution in [0.5, 0.6) is 0 Å². The third kappa shape index (κ3) is 7.64. The Kier molecular flexibility index (Phi) is 7.53. The molecule has 0 bridgehead atoms. The second-order valence-electron chi connectivity index (χ2n) is 5.04. The van der Waals surface area contributed by atoms with Crippen LogP contribution in [0.2, 0.25) is 0 Å². The molecule has 1 aromatic carbocycles. The van der Waals surface area contributed by atoms with E-state index in [-0.39, 0.29) is 24.5 Å². The van der Waals surface area contributed by atoms with Gasteiger partial charge in [0, 0.05) is 5.75 Å². The first-order chi connectivity index (χ1) is 10.8. The number of carbonyl (C=O) groups excluding carboxylic acids is 1. The van der Waals surface area contributed by atoms with Gasteiger partial charge in [0.1, 0.15) is 22.5 Å². The number of benzene rings is 1. The van der Waals surface area contributed by atoms with Gasteiger partial charge in [0.15, 0.2) is 0 Å². The average molecular weight is 343 g/mol. The van der Waals surface area contributed by atoms with Crippen molar-refractivity contribution < 1.29 is 27.9 Å². The lowest BCUT2D eigenvalue weighted by atomic mass is 10.2. The first-order valence-electron chi connectivity index (χ1n) is 7.24. The highest BCUT2D eigenvalue weighted by Crippen LogP contribution is 2.04. The van der Waals surface area contributed by atoms with Crippen molar-refractivity contribution in [2.75, 3.05) is 11.5 Å². The van der Waals surface area contributed by atoms with Crippen LogP contribution in [0.3, 0.4) is 0 Å². The lowest BCUT2D eigenvalue weighted by Gasteiger charge is -2.14. The molecule has 7 nitrogen and oxygen atoms in total. The summed E-state index contributed by atoms with van der Waals surface area (Å²) >= 11 is 0. The molecule has 1 rings (SSSR count). The molecule has 0 saturated heterocycles. The van der Waals surface area contributed by atoms with E-state index in [1.54, 1.807) is 31.2 Å². The number of ether oxygens (including phenoxy) is 1. The molecule has 1 amide bonds. The summed E-state index contributed by atoms with van der Waals surface area (Å²) in [6.45, 7) is 1.73. The smallest absolute Gasteiger partial charge is 0.408 e. The van der Waals surface area contributed by atoms with Crippen LogP contribution in [0, 0.1) is 0 Å². The lowest BCUT2D eigenvalue weighted by molar-refractivity contribution is -0.139. The third-order valence-electron chi connectivity index (χ3n) is 3.04. The van der Waals surface area contributed by atoms with E-state index in [9.17, 15) is 18.0 Å². The zero-order chi connectivity index (χ0) is 17.3. The minimum Gasteiger partial charge on any atom is -0.480 e. The Morgan fingerprint density at radius 2 is 1.87 bits per heavy atom. The minimum atomic E-state index is -3.31. The van der Waals surface area contributed by atoms with E-state index < -0.39 is 27.9 Å². The number of nitrogens with one attached hydrogen (secondary N) is 1. The molecule has 1 atom stereocenters. The molecule has 0 aliphatic heterocycles. The number of carboxylic acid groups (broad SMARTS) is 1. The molecule has 23 heavy (non-hydrogen) atoms. The van der Waals surface area contributed by atoms with Crippen molar-refractivity contribution in [3.63, 3.8) is 0 Å². The molecule has 0 heterocycles. The van der Waals surface area contributed by atoms with E-state index in [0.717, 1.165) is 5.56 Å². The highest BCUT2D eigenvalue weighted by molar-refractivity contribution is 7.91. The van der Waals surface area contributed by atoms with E-state index in [4.69, 9.17) is 9.84 Å². The molecule has 0 radical (unpaired) electrons. The van der Waals surface area contributed by atoms with Gasteiger partial charge in [0.2, 0.25) is 0 Å². The van der Waals surface area contributed by atoms with Gasteiger partial charge in [-0.25, -0.2) is 18.0 Å². The van der Waals surface area contributed by atoms with Crippen molar-refractivity contribution in [1.29, 1.82) is 0 Å². The van der Waals surface area contributed by atoms with E-state index in [2.05, 4.69) is 5.32 Å². The quantitative estimate of drug-likeness (QED) is 0.704. The number of hydrogen-bond acceptors (Lipinski definition) is 5. The van der Waals surface area contributed by atoms with Gasteiger partial charge >= 0.3 is 12.1 Å². The topological polar surface area (TPSA) is 110 Å². The zero-order valence-electron chi connectivity index (χ0n) is 12.9. The zero-order valence-corrected chi connectivity index (χ0v) is 13.7. The van der Waals surface area contributed by atoms with Crippen molar-refractivity contribution in [3.8, 4) is 0 Å². The van der Waals surface area contributed by atoms with E-state index in [1.165, 1.54) is 0 Å². The predicted octanol–water partition coefficient (Wildman–Crippen LogP) is 1.58. The van der Waals surface area contributed by atoms with Crippen molar-refractivity contribution in [2.45, 2.75) is 32.4 Å². The number of hydrogen-bond donors (Lipinski definition) is 2. The van der Waals surface area contributed by atoms with Crippen molar-refractivity contribution >= 4 is 21.9 Å². The summed E-state index contributed by atoms with van der Waals surface area (Å²) in [4.78, 5) is 22.8. The molecule has 1 aromatic rings. The number of rotatable bonds is 9. The highest BCUT2D eigenvalue weighted by atomic mass is 32.2. The fourth-order valence-corrected chi connectivity index (χ4v) is 3.30. The molecular formula is C15H21NO6S. The average Bonchev–Trinajstić information content (AvgIpc) is 2.50. The van der Waals surface area contributed by atoms with Gasteiger partial charge in [0.05, 0.1) is 5.75 Å². The maximum atomic E-state index is 11.6. The Bertz CT molecular complexity index is 614. The van der Waals surface area contributed by atoms with Gasteiger partial charge in [-0.15, -0.1) is 0 Å². The Hall–Kier alpha value is -2.09. The molecule has 2 N–H and O–H groups in total. The van der Waals surface area contributed by atoms with Crippen LogP contribution in [0.15, 0.2) is 30.3 Å². The van der Waals surface area contributed by atoms with Crippen molar-refractivity contribution in [1.82, 2.24) is 5.32 Å². The maximum Gasteiger partial charge on any atom is 0.408 e. The molecule has 0 aliphatic rings. The van der Waals surface area contributed by atoms with E-state index >= 15 is 0 Å². The molecule has 8 heteroatoms. The fraction of sp³-hybridized carbons (Fsp3) is 0.467. The lowest BCUT2D eigenvalue weighted by Crippen LogP contribution is -2.42. The number of carbonyl (C=O) groups is 2. The summed E-state index contributed by atoms with van der Waals surface area (Å²) in [5, 5.41) is 11.2. The van der Waals surface area contributed by atoms with Crippen LogP contribution in [0.4, 0.5) is 4.79 Å². The fourth-order valence-electron chi connectivity index (χ4n) is 1.87. The van der Waals surface area contributed by atoms with Crippen LogP contribution in [0.25, 0.3) is 0 Å². The van der Waals surface area contributed by atoms with Gasteiger partial charge in [-0.05, 0) is 18.4 Å². The first kappa shape index (κ1) is 19.0. The summed E-state index contributed by atoms with van der Waals surface area (Å²) in [5.41, 5.74) is 0.764. The Morgan fingerprint density at radius 3 is 2.43 bits per heavy atom. The second kappa shape index (κ2) is 9.14. The van der Waals surface area contributed by atoms with Gasteiger partial charge in [-0.3, -0.25) is 0 Å². The Morgan fingerprint density at radius 1 is 1.22 bits per heavy atom. The summed E-state index contributed by atoms with van der Waals surface area (Å²) < 4.78 is 28.2. The number of amides is 1. The molecule has 0 aliphatic carbocycles. The van der Waals surface area contributed by atoms with Gasteiger partial charge in [0.25, 0.3) is 0 Å². The van der Waals surface area contributed by atoms with Gasteiger partial charge < -0.3 is 15.2 Å². The normalized spacial score (nSPS) is 12.4. The van der Waals surface area contributed by atoms with Crippen LogP contribution in [-0.2, 0) is 26.0 Å². The van der Waals surface area contributed by atoms with Gasteiger partial charge in [-0.2, -0.15) is 0 Å². The van der Waals surface area contributed by atoms with E-state index in [0.29, 0.717) is 6.42 Å². The number of carboxylic acids is 1. The molecule has 0 spiro atoms. The molecule has 128 valence electrons. The van der Waals surface area contributed by atoms with E-state index in [1.807, 2.05) is 6.07 Å². The molecule has 0 saturated carbocycles. The van der Waals surface area contributed by atoms with Crippen molar-refractivity contribution in [3.05, 3.63) is 35.9 Å². The van der Waals surface area contributed by atoms with Crippen LogP contribution in [0.1, 0.15) is 25.3 Å².